The van der Waals surface area contributed by atoms with Crippen molar-refractivity contribution < 1.29 is 10.1 Å². The maximum Gasteiger partial charge on any atom is 0.271 e. The highest BCUT2D eigenvalue weighted by molar-refractivity contribution is 5.94. The molecule has 21 heavy (non-hydrogen) atoms. The summed E-state index contributed by atoms with van der Waals surface area (Å²) in [6.07, 6.45) is 4.87. The third-order valence-corrected chi connectivity index (χ3v) is 4.81. The zero-order valence-corrected chi connectivity index (χ0v) is 11.2. The van der Waals surface area contributed by atoms with Crippen LogP contribution in [-0.2, 0) is 0 Å². The summed E-state index contributed by atoms with van der Waals surface area (Å²) < 4.78 is 1.79. The molecule has 2 aliphatic carbocycles. The van der Waals surface area contributed by atoms with Gasteiger partial charge in [-0.15, -0.1) is 0 Å². The molecule has 3 atom stereocenters. The van der Waals surface area contributed by atoms with Gasteiger partial charge < -0.3 is 5.21 Å². The summed E-state index contributed by atoms with van der Waals surface area (Å²) in [4.78, 5) is 10.6. The second-order valence-corrected chi connectivity index (χ2v) is 5.83. The predicted octanol–water partition coefficient (Wildman–Crippen LogP) is 2.75. The summed E-state index contributed by atoms with van der Waals surface area (Å²) in [5.74, 6) is 0.728. The zero-order chi connectivity index (χ0) is 14.6. The third kappa shape index (κ3) is 1.66. The maximum atomic E-state index is 11.0. The topological polar surface area (TPSA) is 93.5 Å². The van der Waals surface area contributed by atoms with Gasteiger partial charge in [0.2, 0.25) is 0 Å². The molecule has 2 fully saturated rings. The molecule has 4 rings (SSSR count). The number of oxime groups is 1. The van der Waals surface area contributed by atoms with E-state index in [0.717, 1.165) is 35.9 Å². The molecule has 2 aromatic rings. The minimum absolute atomic E-state index is 0.0508. The van der Waals surface area contributed by atoms with E-state index in [1.807, 2.05) is 0 Å². The van der Waals surface area contributed by atoms with E-state index in [1.54, 1.807) is 23.0 Å². The van der Waals surface area contributed by atoms with Crippen LogP contribution in [0, 0.1) is 22.0 Å². The first-order valence-electron chi connectivity index (χ1n) is 7.02. The summed E-state index contributed by atoms with van der Waals surface area (Å²) in [5, 5.41) is 29.0. The fraction of sp³-hybridized carbons (Fsp3) is 0.429. The van der Waals surface area contributed by atoms with Crippen LogP contribution in [0.15, 0.2) is 29.6 Å². The molecule has 0 aliphatic heterocycles. The minimum Gasteiger partial charge on any atom is -0.411 e. The Balaban J connectivity index is 1.87. The van der Waals surface area contributed by atoms with Crippen molar-refractivity contribution in [3.63, 3.8) is 0 Å². The Labute approximate surface area is 120 Å². The van der Waals surface area contributed by atoms with Crippen LogP contribution in [0.3, 0.4) is 0 Å². The molecule has 0 radical (unpaired) electrons. The van der Waals surface area contributed by atoms with Gasteiger partial charge in [-0.3, -0.25) is 14.8 Å². The van der Waals surface area contributed by atoms with Crippen molar-refractivity contribution in [2.45, 2.75) is 25.3 Å². The van der Waals surface area contributed by atoms with Gasteiger partial charge in [0.15, 0.2) is 0 Å². The van der Waals surface area contributed by atoms with Crippen LogP contribution in [0.5, 0.6) is 0 Å². The van der Waals surface area contributed by atoms with Crippen molar-refractivity contribution in [2.24, 2.45) is 17.0 Å². The lowest BCUT2D eigenvalue weighted by molar-refractivity contribution is -0.384. The first-order valence-corrected chi connectivity index (χ1v) is 7.02. The Morgan fingerprint density at radius 1 is 1.43 bits per heavy atom. The van der Waals surface area contributed by atoms with Gasteiger partial charge in [0.25, 0.3) is 5.69 Å². The largest absolute Gasteiger partial charge is 0.411 e. The molecule has 2 saturated carbocycles. The van der Waals surface area contributed by atoms with Gasteiger partial charge >= 0.3 is 0 Å². The Kier molecular flexibility index (Phi) is 2.51. The quantitative estimate of drug-likeness (QED) is 0.521. The average molecular weight is 286 g/mol. The van der Waals surface area contributed by atoms with Crippen LogP contribution in [0.1, 0.15) is 25.3 Å². The number of rotatable bonds is 2. The number of hydrogen-bond donors (Lipinski definition) is 1. The zero-order valence-electron chi connectivity index (χ0n) is 11.2. The van der Waals surface area contributed by atoms with Crippen molar-refractivity contribution in [1.82, 2.24) is 9.78 Å². The van der Waals surface area contributed by atoms with E-state index in [9.17, 15) is 15.3 Å². The lowest BCUT2D eigenvalue weighted by atomic mass is 9.93. The number of nitro benzene ring substituents is 1. The number of hydrogen-bond acceptors (Lipinski definition) is 5. The molecule has 1 heterocycles. The lowest BCUT2D eigenvalue weighted by Crippen LogP contribution is -2.26. The van der Waals surface area contributed by atoms with Crippen molar-refractivity contribution in [3.8, 4) is 0 Å². The summed E-state index contributed by atoms with van der Waals surface area (Å²) >= 11 is 0. The van der Waals surface area contributed by atoms with Crippen LogP contribution in [0.4, 0.5) is 5.69 Å². The summed E-state index contributed by atoms with van der Waals surface area (Å²) in [5.41, 5.74) is 1.54. The van der Waals surface area contributed by atoms with E-state index < -0.39 is 4.92 Å². The molecule has 1 N–H and O–H groups in total. The molecule has 0 spiro atoms. The van der Waals surface area contributed by atoms with Crippen LogP contribution in [0.25, 0.3) is 10.9 Å². The van der Waals surface area contributed by atoms with E-state index in [2.05, 4.69) is 10.3 Å². The Bertz CT molecular complexity index is 767. The van der Waals surface area contributed by atoms with Crippen LogP contribution < -0.4 is 0 Å². The number of nitrogens with zero attached hydrogens (tertiary/aromatic N) is 4. The van der Waals surface area contributed by atoms with Gasteiger partial charge in [-0.25, -0.2) is 0 Å². The number of aromatic nitrogens is 2. The van der Waals surface area contributed by atoms with E-state index >= 15 is 0 Å². The molecule has 0 amide bonds. The Morgan fingerprint density at radius 2 is 2.29 bits per heavy atom. The average Bonchev–Trinajstić information content (AvgIpc) is 3.19. The molecule has 7 nitrogen and oxygen atoms in total. The predicted molar refractivity (Wildman–Crippen MR) is 75.5 cm³/mol. The highest BCUT2D eigenvalue weighted by Gasteiger charge is 2.47. The third-order valence-electron chi connectivity index (χ3n) is 4.81. The molecule has 3 unspecified atom stereocenters. The molecule has 0 saturated heterocycles. The van der Waals surface area contributed by atoms with Crippen molar-refractivity contribution >= 4 is 22.3 Å². The van der Waals surface area contributed by atoms with Crippen LogP contribution in [-0.4, -0.2) is 25.6 Å². The minimum atomic E-state index is -0.404. The summed E-state index contributed by atoms with van der Waals surface area (Å²) in [6.45, 7) is 0. The number of fused-ring (bicyclic) bond motifs is 3. The van der Waals surface area contributed by atoms with Crippen molar-refractivity contribution in [1.29, 1.82) is 0 Å². The van der Waals surface area contributed by atoms with Crippen LogP contribution >= 0.6 is 0 Å². The Morgan fingerprint density at radius 3 is 3.05 bits per heavy atom. The lowest BCUT2D eigenvalue weighted by Gasteiger charge is -2.23. The fourth-order valence-corrected chi connectivity index (χ4v) is 3.88. The standard InChI is InChI=1S/C14H14N4O3/c19-16-13-8-1-2-9(5-8)14(13)17-12-6-11(18(20)21)4-3-10(12)7-15-17/h3-4,6-9,14,19H,1-2,5H2. The Hall–Kier alpha value is -2.44. The first-order chi connectivity index (χ1) is 10.2. The van der Waals surface area contributed by atoms with E-state index in [-0.39, 0.29) is 11.7 Å². The monoisotopic (exact) mass is 286 g/mol. The van der Waals surface area contributed by atoms with Gasteiger partial charge in [-0.05, 0) is 31.2 Å². The SMILES string of the molecule is O=[N+]([O-])c1ccc2cnn(C3C(=NO)C4CCC3C4)c2c1. The molecular formula is C14H14N4O3. The van der Waals surface area contributed by atoms with Crippen molar-refractivity contribution in [2.75, 3.05) is 0 Å². The van der Waals surface area contributed by atoms with E-state index in [1.165, 1.54) is 6.07 Å². The molecule has 1 aromatic heterocycles. The van der Waals surface area contributed by atoms with E-state index in [0.29, 0.717) is 11.8 Å². The van der Waals surface area contributed by atoms with Gasteiger partial charge in [0.1, 0.15) is 0 Å². The van der Waals surface area contributed by atoms with Crippen molar-refractivity contribution in [3.05, 3.63) is 34.5 Å². The molecule has 1 aromatic carbocycles. The number of non-ortho nitro benzene ring substituents is 1. The highest BCUT2D eigenvalue weighted by atomic mass is 16.6. The smallest absolute Gasteiger partial charge is 0.271 e. The first kappa shape index (κ1) is 12.3. The molecule has 2 bridgehead atoms. The molecule has 2 aliphatic rings. The van der Waals surface area contributed by atoms with Gasteiger partial charge in [0.05, 0.1) is 28.4 Å². The number of nitro groups is 1. The van der Waals surface area contributed by atoms with Gasteiger partial charge in [-0.2, -0.15) is 5.10 Å². The normalized spacial score (nSPS) is 29.5. The second-order valence-electron chi connectivity index (χ2n) is 5.83. The molecular weight excluding hydrogens is 272 g/mol. The molecule has 108 valence electrons. The number of benzene rings is 1. The summed E-state index contributed by atoms with van der Waals surface area (Å²) in [7, 11) is 0. The van der Waals surface area contributed by atoms with Gasteiger partial charge in [-0.1, -0.05) is 5.16 Å². The van der Waals surface area contributed by atoms with Crippen LogP contribution in [0.2, 0.25) is 0 Å². The molecule has 7 heteroatoms. The second kappa shape index (κ2) is 4.28. The highest BCUT2D eigenvalue weighted by Crippen LogP contribution is 2.49. The van der Waals surface area contributed by atoms with E-state index in [4.69, 9.17) is 0 Å². The van der Waals surface area contributed by atoms with Gasteiger partial charge in [0, 0.05) is 23.4 Å². The maximum absolute atomic E-state index is 11.0. The summed E-state index contributed by atoms with van der Waals surface area (Å²) in [6, 6.07) is 4.66. The fourth-order valence-electron chi connectivity index (χ4n) is 3.88.